The molecular weight excluding hydrogens is 148 g/mol. The van der Waals surface area contributed by atoms with Gasteiger partial charge in [0.25, 0.3) is 0 Å². The van der Waals surface area contributed by atoms with Crippen molar-refractivity contribution in [2.45, 2.75) is 6.92 Å². The summed E-state index contributed by atoms with van der Waals surface area (Å²) in [6.07, 6.45) is 7.19. The second kappa shape index (κ2) is 3.32. The van der Waals surface area contributed by atoms with E-state index in [4.69, 9.17) is 11.6 Å². The average Bonchev–Trinajstić information content (AvgIpc) is 1.95. The van der Waals surface area contributed by atoms with Crippen LogP contribution in [0.1, 0.15) is 12.5 Å². The standard InChI is InChI=1S/C7H7ClN2/c1-2-3-6-4-9-7(8)10-5-6/h2-5H,1H3. The van der Waals surface area contributed by atoms with Crippen molar-refractivity contribution in [1.29, 1.82) is 0 Å². The number of rotatable bonds is 1. The molecule has 1 aromatic rings. The topological polar surface area (TPSA) is 25.8 Å². The predicted octanol–water partition coefficient (Wildman–Crippen LogP) is 2.16. The predicted molar refractivity (Wildman–Crippen MR) is 41.8 cm³/mol. The van der Waals surface area contributed by atoms with Crippen LogP contribution in [0.2, 0.25) is 5.28 Å². The SMILES string of the molecule is CC=Cc1cnc(Cl)nc1. The van der Waals surface area contributed by atoms with E-state index in [0.29, 0.717) is 0 Å². The number of halogens is 1. The quantitative estimate of drug-likeness (QED) is 0.580. The Kier molecular flexibility index (Phi) is 2.40. The Morgan fingerprint density at radius 3 is 2.50 bits per heavy atom. The fourth-order valence-corrected chi connectivity index (χ4v) is 0.698. The van der Waals surface area contributed by atoms with E-state index in [2.05, 4.69) is 9.97 Å². The monoisotopic (exact) mass is 154 g/mol. The molecule has 0 spiro atoms. The highest BCUT2D eigenvalue weighted by molar-refractivity contribution is 6.28. The Morgan fingerprint density at radius 1 is 1.40 bits per heavy atom. The molecule has 3 heteroatoms. The summed E-state index contributed by atoms with van der Waals surface area (Å²) in [5.41, 5.74) is 0.965. The zero-order chi connectivity index (χ0) is 7.40. The minimum Gasteiger partial charge on any atom is -0.226 e. The second-order valence-electron chi connectivity index (χ2n) is 1.79. The fraction of sp³-hybridized carbons (Fsp3) is 0.143. The van der Waals surface area contributed by atoms with Gasteiger partial charge < -0.3 is 0 Å². The number of allylic oxidation sites excluding steroid dienone is 1. The van der Waals surface area contributed by atoms with Crippen LogP contribution in [0.5, 0.6) is 0 Å². The zero-order valence-electron chi connectivity index (χ0n) is 5.58. The minimum absolute atomic E-state index is 0.285. The molecule has 0 bridgehead atoms. The van der Waals surface area contributed by atoms with Crippen LogP contribution in [-0.4, -0.2) is 9.97 Å². The maximum Gasteiger partial charge on any atom is 0.222 e. The molecule has 52 valence electrons. The first-order valence-electron chi connectivity index (χ1n) is 2.93. The van der Waals surface area contributed by atoms with E-state index in [-0.39, 0.29) is 5.28 Å². The van der Waals surface area contributed by atoms with Crippen molar-refractivity contribution in [3.8, 4) is 0 Å². The number of aromatic nitrogens is 2. The van der Waals surface area contributed by atoms with Crippen molar-refractivity contribution in [2.75, 3.05) is 0 Å². The first-order valence-corrected chi connectivity index (χ1v) is 3.31. The van der Waals surface area contributed by atoms with Gasteiger partial charge in [-0.2, -0.15) is 0 Å². The highest BCUT2D eigenvalue weighted by Gasteiger charge is 1.87. The second-order valence-corrected chi connectivity index (χ2v) is 2.12. The Labute approximate surface area is 64.6 Å². The highest BCUT2D eigenvalue weighted by Crippen LogP contribution is 2.01. The van der Waals surface area contributed by atoms with Crippen LogP contribution in [0.3, 0.4) is 0 Å². The smallest absolute Gasteiger partial charge is 0.222 e. The minimum atomic E-state index is 0.285. The van der Waals surface area contributed by atoms with Crippen LogP contribution >= 0.6 is 11.6 Å². The third-order valence-electron chi connectivity index (χ3n) is 0.999. The van der Waals surface area contributed by atoms with Crippen molar-refractivity contribution in [3.63, 3.8) is 0 Å². The summed E-state index contributed by atoms with van der Waals surface area (Å²) in [5, 5.41) is 0.285. The maximum atomic E-state index is 5.47. The molecule has 0 aliphatic rings. The third kappa shape index (κ3) is 1.81. The van der Waals surface area contributed by atoms with Gasteiger partial charge in [-0.25, -0.2) is 9.97 Å². The van der Waals surface area contributed by atoms with Gasteiger partial charge in [0.2, 0.25) is 5.28 Å². The van der Waals surface area contributed by atoms with Crippen molar-refractivity contribution in [2.24, 2.45) is 0 Å². The maximum absolute atomic E-state index is 5.47. The van der Waals surface area contributed by atoms with Gasteiger partial charge in [0.1, 0.15) is 0 Å². The fourth-order valence-electron chi connectivity index (χ4n) is 0.601. The van der Waals surface area contributed by atoms with E-state index in [9.17, 15) is 0 Å². The molecule has 0 aliphatic heterocycles. The van der Waals surface area contributed by atoms with E-state index in [0.717, 1.165) is 5.56 Å². The summed E-state index contributed by atoms with van der Waals surface area (Å²) in [7, 11) is 0. The van der Waals surface area contributed by atoms with Crippen molar-refractivity contribution in [3.05, 3.63) is 29.3 Å². The van der Waals surface area contributed by atoms with Gasteiger partial charge in [0, 0.05) is 18.0 Å². The molecule has 1 aromatic heterocycles. The molecule has 0 N–H and O–H groups in total. The lowest BCUT2D eigenvalue weighted by molar-refractivity contribution is 1.16. The summed E-state index contributed by atoms with van der Waals surface area (Å²) >= 11 is 5.47. The molecule has 0 atom stereocenters. The summed E-state index contributed by atoms with van der Waals surface area (Å²) in [6, 6.07) is 0. The summed E-state index contributed by atoms with van der Waals surface area (Å²) in [5.74, 6) is 0. The number of nitrogens with zero attached hydrogens (tertiary/aromatic N) is 2. The first kappa shape index (κ1) is 7.22. The molecule has 10 heavy (non-hydrogen) atoms. The number of hydrogen-bond acceptors (Lipinski definition) is 2. The third-order valence-corrected chi connectivity index (χ3v) is 1.19. The summed E-state index contributed by atoms with van der Waals surface area (Å²) in [4.78, 5) is 7.60. The molecule has 1 rings (SSSR count). The van der Waals surface area contributed by atoms with Crippen LogP contribution < -0.4 is 0 Å². The Balaban J connectivity index is 2.89. The van der Waals surface area contributed by atoms with E-state index < -0.39 is 0 Å². The lowest BCUT2D eigenvalue weighted by atomic mass is 10.3. The van der Waals surface area contributed by atoms with Crippen LogP contribution in [0.15, 0.2) is 18.5 Å². The average molecular weight is 155 g/mol. The van der Waals surface area contributed by atoms with E-state index >= 15 is 0 Å². The zero-order valence-corrected chi connectivity index (χ0v) is 6.34. The lowest BCUT2D eigenvalue weighted by Crippen LogP contribution is -1.81. The normalized spacial score (nSPS) is 10.6. The van der Waals surface area contributed by atoms with Gasteiger partial charge >= 0.3 is 0 Å². The molecule has 0 amide bonds. The molecule has 1 heterocycles. The Hall–Kier alpha value is -0.890. The van der Waals surface area contributed by atoms with Crippen LogP contribution in [-0.2, 0) is 0 Å². The molecule has 0 fully saturated rings. The van der Waals surface area contributed by atoms with Gasteiger partial charge in [-0.1, -0.05) is 12.2 Å². The molecule has 0 radical (unpaired) electrons. The molecule has 0 aliphatic carbocycles. The van der Waals surface area contributed by atoms with E-state index in [1.54, 1.807) is 12.4 Å². The lowest BCUT2D eigenvalue weighted by Gasteiger charge is -1.89. The largest absolute Gasteiger partial charge is 0.226 e. The van der Waals surface area contributed by atoms with Gasteiger partial charge in [-0.3, -0.25) is 0 Å². The summed E-state index contributed by atoms with van der Waals surface area (Å²) < 4.78 is 0. The Morgan fingerprint density at radius 2 is 2.00 bits per heavy atom. The van der Waals surface area contributed by atoms with E-state index in [1.165, 1.54) is 0 Å². The number of hydrogen-bond donors (Lipinski definition) is 0. The van der Waals surface area contributed by atoms with E-state index in [1.807, 2.05) is 19.1 Å². The van der Waals surface area contributed by atoms with Crippen LogP contribution in [0.4, 0.5) is 0 Å². The van der Waals surface area contributed by atoms with Gasteiger partial charge in [-0.15, -0.1) is 0 Å². The van der Waals surface area contributed by atoms with Crippen molar-refractivity contribution >= 4 is 17.7 Å². The van der Waals surface area contributed by atoms with Crippen molar-refractivity contribution < 1.29 is 0 Å². The highest BCUT2D eigenvalue weighted by atomic mass is 35.5. The first-order chi connectivity index (χ1) is 4.83. The molecule has 2 nitrogen and oxygen atoms in total. The van der Waals surface area contributed by atoms with Crippen LogP contribution in [0, 0.1) is 0 Å². The van der Waals surface area contributed by atoms with Gasteiger partial charge in [0.05, 0.1) is 0 Å². The van der Waals surface area contributed by atoms with Gasteiger partial charge in [-0.05, 0) is 18.5 Å². The molecule has 0 unspecified atom stereocenters. The molecule has 0 saturated heterocycles. The summed E-state index contributed by atoms with van der Waals surface area (Å²) in [6.45, 7) is 1.94. The van der Waals surface area contributed by atoms with Crippen LogP contribution in [0.25, 0.3) is 6.08 Å². The van der Waals surface area contributed by atoms with Crippen molar-refractivity contribution in [1.82, 2.24) is 9.97 Å². The Bertz CT molecular complexity index is 228. The molecular formula is C7H7ClN2. The molecule has 0 aromatic carbocycles. The molecule has 0 saturated carbocycles. The van der Waals surface area contributed by atoms with Gasteiger partial charge in [0.15, 0.2) is 0 Å².